The second-order valence-corrected chi connectivity index (χ2v) is 6.61. The lowest BCUT2D eigenvalue weighted by Gasteiger charge is -2.25. The minimum absolute atomic E-state index is 0.00251. The molecule has 2 unspecified atom stereocenters. The zero-order chi connectivity index (χ0) is 15.6. The number of ketones is 1. The summed E-state index contributed by atoms with van der Waals surface area (Å²) < 4.78 is 0. The molecule has 1 aliphatic carbocycles. The number of hydrogen-bond acceptors (Lipinski definition) is 4. The van der Waals surface area contributed by atoms with Gasteiger partial charge in [-0.15, -0.1) is 0 Å². The molecule has 0 saturated heterocycles. The van der Waals surface area contributed by atoms with Gasteiger partial charge in [0.25, 0.3) is 0 Å². The Kier molecular flexibility index (Phi) is 5.11. The number of oxime groups is 1. The third-order valence-corrected chi connectivity index (χ3v) is 5.94. The number of alkyl halides is 2. The van der Waals surface area contributed by atoms with E-state index in [1.165, 1.54) is 0 Å². The Balaban J connectivity index is 2.24. The molecule has 0 aliphatic heterocycles. The Bertz CT molecular complexity index is 638. The predicted octanol–water partition coefficient (Wildman–Crippen LogP) is 3.65. The average molecular weight is 415 g/mol. The highest BCUT2D eigenvalue weighted by molar-refractivity contribution is 9.12. The molecular weight excluding hydrogens is 402 g/mol. The molecule has 1 aromatic carbocycles. The first-order chi connectivity index (χ1) is 9.93. The molecule has 0 bridgehead atoms. The number of nitrogens with zero attached hydrogens (tertiary/aromatic N) is 1. The normalized spacial score (nSPS) is 24.4. The van der Waals surface area contributed by atoms with Crippen molar-refractivity contribution in [3.63, 3.8) is 0 Å². The van der Waals surface area contributed by atoms with Crippen molar-refractivity contribution in [3.05, 3.63) is 47.0 Å². The van der Waals surface area contributed by atoms with Crippen molar-refractivity contribution >= 4 is 49.3 Å². The standard InChI is InChI=1S/C15H13Br2NO3/c1-8-9(2)14(19)12(17)11(16)13(8)18-21-15(20)10-6-4-3-5-7-10/h3-7,11-12H,1-2H3/b18-13-. The third-order valence-electron chi connectivity index (χ3n) is 3.32. The summed E-state index contributed by atoms with van der Waals surface area (Å²) in [6, 6.07) is 8.62. The SMILES string of the molecule is CC1=C(C)/C(=N/OC(=O)c2ccccc2)C(Br)C(Br)C1=O. The van der Waals surface area contributed by atoms with Gasteiger partial charge in [-0.25, -0.2) is 4.79 Å². The van der Waals surface area contributed by atoms with E-state index in [1.54, 1.807) is 38.1 Å². The molecule has 0 N–H and O–H groups in total. The second-order valence-electron chi connectivity index (χ2n) is 4.64. The fraction of sp³-hybridized carbons (Fsp3) is 0.267. The molecule has 1 aromatic rings. The molecule has 0 radical (unpaired) electrons. The first-order valence-corrected chi connectivity index (χ1v) is 8.11. The zero-order valence-electron chi connectivity index (χ0n) is 11.5. The van der Waals surface area contributed by atoms with Crippen molar-refractivity contribution in [1.29, 1.82) is 0 Å². The summed E-state index contributed by atoms with van der Waals surface area (Å²) in [5.41, 5.74) is 2.30. The summed E-state index contributed by atoms with van der Waals surface area (Å²) in [6.45, 7) is 3.52. The van der Waals surface area contributed by atoms with Crippen LogP contribution in [0.2, 0.25) is 0 Å². The van der Waals surface area contributed by atoms with E-state index in [0.717, 1.165) is 5.57 Å². The molecule has 4 nitrogen and oxygen atoms in total. The summed E-state index contributed by atoms with van der Waals surface area (Å²) in [7, 11) is 0. The lowest BCUT2D eigenvalue weighted by Crippen LogP contribution is -2.38. The van der Waals surface area contributed by atoms with E-state index in [1.807, 2.05) is 6.07 Å². The Labute approximate surface area is 139 Å². The van der Waals surface area contributed by atoms with E-state index in [9.17, 15) is 9.59 Å². The maximum Gasteiger partial charge on any atom is 0.365 e. The van der Waals surface area contributed by atoms with Crippen LogP contribution in [0.3, 0.4) is 0 Å². The monoisotopic (exact) mass is 413 g/mol. The number of hydrogen-bond donors (Lipinski definition) is 0. The minimum atomic E-state index is -0.531. The average Bonchev–Trinajstić information content (AvgIpc) is 2.51. The van der Waals surface area contributed by atoms with Crippen molar-refractivity contribution in [1.82, 2.24) is 0 Å². The highest BCUT2D eigenvalue weighted by Crippen LogP contribution is 2.30. The summed E-state index contributed by atoms with van der Waals surface area (Å²) >= 11 is 6.74. The topological polar surface area (TPSA) is 55.7 Å². The largest absolute Gasteiger partial charge is 0.365 e. The van der Waals surface area contributed by atoms with E-state index in [2.05, 4.69) is 37.0 Å². The van der Waals surface area contributed by atoms with E-state index >= 15 is 0 Å². The van der Waals surface area contributed by atoms with Crippen LogP contribution in [0.4, 0.5) is 0 Å². The van der Waals surface area contributed by atoms with Gasteiger partial charge in [0.15, 0.2) is 5.78 Å². The van der Waals surface area contributed by atoms with Crippen LogP contribution in [0.5, 0.6) is 0 Å². The molecule has 2 atom stereocenters. The predicted molar refractivity (Wildman–Crippen MR) is 88.1 cm³/mol. The summed E-state index contributed by atoms with van der Waals surface area (Å²) in [5.74, 6) is -0.529. The molecule has 1 aliphatic rings. The van der Waals surface area contributed by atoms with Crippen LogP contribution in [0.25, 0.3) is 0 Å². The van der Waals surface area contributed by atoms with Crippen LogP contribution in [0.15, 0.2) is 46.6 Å². The van der Waals surface area contributed by atoms with Crippen LogP contribution >= 0.6 is 31.9 Å². The van der Waals surface area contributed by atoms with Gasteiger partial charge in [0.2, 0.25) is 0 Å². The Morgan fingerprint density at radius 3 is 2.33 bits per heavy atom. The summed E-state index contributed by atoms with van der Waals surface area (Å²) in [4.78, 5) is 28.1. The number of Topliss-reactive ketones (excluding diaryl/α,β-unsaturated/α-hetero) is 1. The molecule has 0 fully saturated rings. The van der Waals surface area contributed by atoms with Crippen LogP contribution in [-0.4, -0.2) is 27.1 Å². The van der Waals surface area contributed by atoms with Gasteiger partial charge in [-0.3, -0.25) is 4.79 Å². The molecule has 0 aromatic heterocycles. The smallest absolute Gasteiger partial charge is 0.312 e. The number of rotatable bonds is 2. The maximum atomic E-state index is 12.0. The van der Waals surface area contributed by atoms with Gasteiger partial charge < -0.3 is 4.84 Å². The fourth-order valence-electron chi connectivity index (χ4n) is 1.90. The molecule has 0 amide bonds. The van der Waals surface area contributed by atoms with Crippen LogP contribution in [0.1, 0.15) is 24.2 Å². The zero-order valence-corrected chi connectivity index (χ0v) is 14.6. The summed E-state index contributed by atoms with van der Waals surface area (Å²) in [6.07, 6.45) is 0. The van der Waals surface area contributed by atoms with Gasteiger partial charge in [0.1, 0.15) is 0 Å². The third kappa shape index (κ3) is 3.32. The molecule has 110 valence electrons. The van der Waals surface area contributed by atoms with Crippen LogP contribution < -0.4 is 0 Å². The second kappa shape index (κ2) is 6.66. The first-order valence-electron chi connectivity index (χ1n) is 6.28. The Hall–Kier alpha value is -1.27. The van der Waals surface area contributed by atoms with Gasteiger partial charge in [-0.05, 0) is 37.1 Å². The molecular formula is C15H13Br2NO3. The van der Waals surface area contributed by atoms with Crippen molar-refractivity contribution in [2.45, 2.75) is 23.5 Å². The van der Waals surface area contributed by atoms with Gasteiger partial charge in [-0.2, -0.15) is 0 Å². The highest BCUT2D eigenvalue weighted by Gasteiger charge is 2.36. The number of carbonyl (C=O) groups excluding carboxylic acids is 2. The van der Waals surface area contributed by atoms with Gasteiger partial charge in [0, 0.05) is 0 Å². The number of carbonyl (C=O) groups is 2. The Morgan fingerprint density at radius 1 is 1.10 bits per heavy atom. The van der Waals surface area contributed by atoms with Gasteiger partial charge in [-0.1, -0.05) is 55.2 Å². The van der Waals surface area contributed by atoms with Crippen molar-refractivity contribution < 1.29 is 14.4 Å². The minimum Gasteiger partial charge on any atom is -0.312 e. The fourth-order valence-corrected chi connectivity index (χ4v) is 3.16. The van der Waals surface area contributed by atoms with Crippen molar-refractivity contribution in [2.75, 3.05) is 0 Å². The molecule has 2 rings (SSSR count). The number of allylic oxidation sites excluding steroid dienone is 2. The molecule has 0 saturated carbocycles. The van der Waals surface area contributed by atoms with Gasteiger partial charge in [0.05, 0.1) is 20.9 Å². The van der Waals surface area contributed by atoms with E-state index in [-0.39, 0.29) is 10.6 Å². The summed E-state index contributed by atoms with van der Waals surface area (Å²) in [5, 5.41) is 3.94. The molecule has 0 heterocycles. The van der Waals surface area contributed by atoms with Crippen molar-refractivity contribution in [3.8, 4) is 0 Å². The maximum absolute atomic E-state index is 12.0. The lowest BCUT2D eigenvalue weighted by molar-refractivity contribution is -0.114. The van der Waals surface area contributed by atoms with Crippen molar-refractivity contribution in [2.24, 2.45) is 5.16 Å². The number of benzene rings is 1. The van der Waals surface area contributed by atoms with E-state index < -0.39 is 10.8 Å². The quantitative estimate of drug-likeness (QED) is 0.421. The lowest BCUT2D eigenvalue weighted by atomic mass is 9.91. The first kappa shape index (κ1) is 16.1. The number of halogens is 2. The highest BCUT2D eigenvalue weighted by atomic mass is 79.9. The molecule has 0 spiro atoms. The molecule has 21 heavy (non-hydrogen) atoms. The van der Waals surface area contributed by atoms with E-state index in [4.69, 9.17) is 4.84 Å². The molecule has 6 heteroatoms. The Morgan fingerprint density at radius 2 is 1.71 bits per heavy atom. The van der Waals surface area contributed by atoms with Crippen LogP contribution in [0, 0.1) is 0 Å². The van der Waals surface area contributed by atoms with Gasteiger partial charge >= 0.3 is 5.97 Å². The van der Waals surface area contributed by atoms with Crippen LogP contribution in [-0.2, 0) is 9.63 Å². The van der Waals surface area contributed by atoms with E-state index in [0.29, 0.717) is 16.8 Å².